The summed E-state index contributed by atoms with van der Waals surface area (Å²) in [6.07, 6.45) is 3.74. The number of guanidine groups is 1. The van der Waals surface area contributed by atoms with Crippen LogP contribution in [0.4, 0.5) is 0 Å². The lowest BCUT2D eigenvalue weighted by Gasteiger charge is -2.12. The molecule has 0 amide bonds. The van der Waals surface area contributed by atoms with Crippen molar-refractivity contribution >= 4 is 40.0 Å². The van der Waals surface area contributed by atoms with Gasteiger partial charge in [-0.1, -0.05) is 30.3 Å². The van der Waals surface area contributed by atoms with E-state index in [4.69, 9.17) is 0 Å². The number of aliphatic imine (C=N–C) groups is 1. The van der Waals surface area contributed by atoms with E-state index < -0.39 is 10.0 Å². The van der Waals surface area contributed by atoms with Crippen molar-refractivity contribution in [1.82, 2.24) is 20.3 Å². The van der Waals surface area contributed by atoms with E-state index in [1.807, 2.05) is 18.2 Å². The van der Waals surface area contributed by atoms with Gasteiger partial charge in [-0.2, -0.15) is 0 Å². The first-order valence-electron chi connectivity index (χ1n) is 8.00. The lowest BCUT2D eigenvalue weighted by atomic mass is 10.1. The van der Waals surface area contributed by atoms with Crippen LogP contribution >= 0.6 is 24.0 Å². The number of aromatic nitrogens is 1. The highest BCUT2D eigenvalue weighted by molar-refractivity contribution is 14.0. The number of rotatable bonds is 8. The van der Waals surface area contributed by atoms with Crippen molar-refractivity contribution < 1.29 is 8.42 Å². The number of benzene rings is 1. The first kappa shape index (κ1) is 22.3. The lowest BCUT2D eigenvalue weighted by molar-refractivity contribution is 0.580. The highest BCUT2D eigenvalue weighted by atomic mass is 127. The summed E-state index contributed by atoms with van der Waals surface area (Å²) >= 11 is 0. The summed E-state index contributed by atoms with van der Waals surface area (Å²) in [7, 11) is -1.85. The molecule has 0 saturated carbocycles. The van der Waals surface area contributed by atoms with Crippen LogP contribution in [-0.2, 0) is 16.4 Å². The third kappa shape index (κ3) is 7.67. The first-order chi connectivity index (χ1) is 12.1. The fourth-order valence-corrected chi connectivity index (χ4v) is 3.14. The molecule has 26 heavy (non-hydrogen) atoms. The van der Waals surface area contributed by atoms with Crippen molar-refractivity contribution in [2.45, 2.75) is 11.3 Å². The summed E-state index contributed by atoms with van der Waals surface area (Å²) in [6, 6.07) is 13.3. The van der Waals surface area contributed by atoms with E-state index in [2.05, 4.69) is 37.5 Å². The van der Waals surface area contributed by atoms with Gasteiger partial charge in [-0.05, 0) is 24.1 Å². The monoisotopic (exact) mass is 489 g/mol. The molecule has 0 fully saturated rings. The Balaban J connectivity index is 0.00000338. The molecule has 9 heteroatoms. The molecule has 142 valence electrons. The Labute approximate surface area is 171 Å². The number of nitrogens with zero attached hydrogens (tertiary/aromatic N) is 2. The topological polar surface area (TPSA) is 95.5 Å². The third-order valence-corrected chi connectivity index (χ3v) is 4.87. The number of hydrogen-bond acceptors (Lipinski definition) is 4. The molecule has 0 spiro atoms. The minimum atomic E-state index is -3.53. The molecule has 0 aliphatic rings. The fraction of sp³-hybridized carbons (Fsp3) is 0.294. The van der Waals surface area contributed by atoms with Gasteiger partial charge in [0.2, 0.25) is 10.0 Å². The van der Waals surface area contributed by atoms with E-state index in [-0.39, 0.29) is 35.4 Å². The zero-order valence-electron chi connectivity index (χ0n) is 14.6. The van der Waals surface area contributed by atoms with Gasteiger partial charge in [-0.15, -0.1) is 24.0 Å². The van der Waals surface area contributed by atoms with E-state index in [1.165, 1.54) is 24.0 Å². The lowest BCUT2D eigenvalue weighted by Crippen LogP contribution is -2.42. The Kier molecular flexibility index (Phi) is 10.1. The van der Waals surface area contributed by atoms with E-state index in [0.29, 0.717) is 12.5 Å². The van der Waals surface area contributed by atoms with Crippen LogP contribution in [0.25, 0.3) is 0 Å². The molecule has 0 aliphatic heterocycles. The Hall–Kier alpha value is -1.72. The molecule has 1 aromatic heterocycles. The van der Waals surface area contributed by atoms with Gasteiger partial charge in [-0.3, -0.25) is 9.98 Å². The Morgan fingerprint density at radius 2 is 1.77 bits per heavy atom. The SMILES string of the molecule is CN=C(NCCNS(=O)(=O)c1cccnc1)NCCc1ccccc1.I. The average molecular weight is 489 g/mol. The minimum Gasteiger partial charge on any atom is -0.356 e. The second-order valence-electron chi connectivity index (χ2n) is 5.25. The van der Waals surface area contributed by atoms with Crippen LogP contribution in [0.2, 0.25) is 0 Å². The number of hydrogen-bond donors (Lipinski definition) is 3. The summed E-state index contributed by atoms with van der Waals surface area (Å²) in [5.41, 5.74) is 1.25. The maximum absolute atomic E-state index is 12.1. The van der Waals surface area contributed by atoms with Gasteiger partial charge in [0.15, 0.2) is 5.96 Å². The van der Waals surface area contributed by atoms with Crippen molar-refractivity contribution in [3.05, 3.63) is 60.4 Å². The van der Waals surface area contributed by atoms with Gasteiger partial charge in [0.1, 0.15) is 4.90 Å². The molecule has 1 aromatic carbocycles. The molecule has 2 rings (SSSR count). The first-order valence-corrected chi connectivity index (χ1v) is 9.48. The summed E-state index contributed by atoms with van der Waals surface area (Å²) in [5.74, 6) is 0.636. The van der Waals surface area contributed by atoms with E-state index >= 15 is 0 Å². The van der Waals surface area contributed by atoms with E-state index in [1.54, 1.807) is 13.1 Å². The van der Waals surface area contributed by atoms with Gasteiger partial charge in [0, 0.05) is 39.1 Å². The predicted molar refractivity (Wildman–Crippen MR) is 114 cm³/mol. The second kappa shape index (κ2) is 11.8. The molecule has 1 heterocycles. The molecule has 0 bridgehead atoms. The van der Waals surface area contributed by atoms with Crippen LogP contribution in [0, 0.1) is 0 Å². The molecular weight excluding hydrogens is 465 g/mol. The summed E-state index contributed by atoms with van der Waals surface area (Å²) in [6.45, 7) is 1.41. The minimum absolute atomic E-state index is 0. The smallest absolute Gasteiger partial charge is 0.242 e. The zero-order valence-corrected chi connectivity index (χ0v) is 17.7. The van der Waals surface area contributed by atoms with Crippen LogP contribution in [0.5, 0.6) is 0 Å². The van der Waals surface area contributed by atoms with Crippen molar-refractivity contribution in [1.29, 1.82) is 0 Å². The number of halogens is 1. The maximum atomic E-state index is 12.1. The third-order valence-electron chi connectivity index (χ3n) is 3.43. The molecule has 3 N–H and O–H groups in total. The van der Waals surface area contributed by atoms with Crippen LogP contribution in [-0.4, -0.2) is 46.0 Å². The molecule has 0 saturated heterocycles. The standard InChI is InChI=1S/C17H23N5O2S.HI/c1-18-17(20-11-9-15-6-3-2-4-7-15)21-12-13-22-25(23,24)16-8-5-10-19-14-16;/h2-8,10,14,22H,9,11-13H2,1H3,(H2,18,20,21);1H. The summed E-state index contributed by atoms with van der Waals surface area (Å²) in [5, 5.41) is 6.27. The predicted octanol–water partition coefficient (Wildman–Crippen LogP) is 1.39. The molecular formula is C17H24IN5O2S. The molecule has 2 aromatic rings. The van der Waals surface area contributed by atoms with Crippen LogP contribution in [0.15, 0.2) is 64.7 Å². The van der Waals surface area contributed by atoms with Crippen LogP contribution in [0.3, 0.4) is 0 Å². The average Bonchev–Trinajstić information content (AvgIpc) is 2.65. The highest BCUT2D eigenvalue weighted by Crippen LogP contribution is 2.04. The van der Waals surface area contributed by atoms with Gasteiger partial charge < -0.3 is 10.6 Å². The van der Waals surface area contributed by atoms with Crippen molar-refractivity contribution in [2.75, 3.05) is 26.7 Å². The number of pyridine rings is 1. The molecule has 0 unspecified atom stereocenters. The Bertz CT molecular complexity index is 770. The molecule has 0 aliphatic carbocycles. The largest absolute Gasteiger partial charge is 0.356 e. The van der Waals surface area contributed by atoms with Crippen molar-refractivity contribution in [3.63, 3.8) is 0 Å². The Morgan fingerprint density at radius 3 is 2.42 bits per heavy atom. The number of nitrogens with one attached hydrogen (secondary N) is 3. The fourth-order valence-electron chi connectivity index (χ4n) is 2.15. The van der Waals surface area contributed by atoms with Crippen LogP contribution < -0.4 is 15.4 Å². The molecule has 0 radical (unpaired) electrons. The van der Waals surface area contributed by atoms with Gasteiger partial charge in [0.05, 0.1) is 0 Å². The van der Waals surface area contributed by atoms with Crippen molar-refractivity contribution in [2.24, 2.45) is 4.99 Å². The normalized spacial score (nSPS) is 11.5. The second-order valence-corrected chi connectivity index (χ2v) is 7.01. The molecule has 7 nitrogen and oxygen atoms in total. The van der Waals surface area contributed by atoms with E-state index in [0.717, 1.165) is 13.0 Å². The molecule has 0 atom stereocenters. The quantitative estimate of drug-likeness (QED) is 0.226. The number of sulfonamides is 1. The Morgan fingerprint density at radius 1 is 1.04 bits per heavy atom. The van der Waals surface area contributed by atoms with Gasteiger partial charge in [-0.25, -0.2) is 13.1 Å². The maximum Gasteiger partial charge on any atom is 0.242 e. The zero-order chi connectivity index (χ0) is 18.0. The van der Waals surface area contributed by atoms with Crippen LogP contribution in [0.1, 0.15) is 5.56 Å². The highest BCUT2D eigenvalue weighted by Gasteiger charge is 2.12. The van der Waals surface area contributed by atoms with Gasteiger partial charge in [0.25, 0.3) is 0 Å². The summed E-state index contributed by atoms with van der Waals surface area (Å²) in [4.78, 5) is 8.09. The van der Waals surface area contributed by atoms with Gasteiger partial charge >= 0.3 is 0 Å². The summed E-state index contributed by atoms with van der Waals surface area (Å²) < 4.78 is 26.6. The van der Waals surface area contributed by atoms with Crippen molar-refractivity contribution in [3.8, 4) is 0 Å². The van der Waals surface area contributed by atoms with E-state index in [9.17, 15) is 8.42 Å².